The van der Waals surface area contributed by atoms with E-state index in [1.165, 1.54) is 38.5 Å². The van der Waals surface area contributed by atoms with Crippen molar-refractivity contribution in [3.63, 3.8) is 0 Å². The van der Waals surface area contributed by atoms with Gasteiger partial charge >= 0.3 is 39.5 Å². The fourth-order valence-corrected chi connectivity index (χ4v) is 11.2. The van der Waals surface area contributed by atoms with Gasteiger partial charge in [-0.25, -0.2) is 9.13 Å². The Kier molecular flexibility index (Phi) is 67.6. The van der Waals surface area contributed by atoms with E-state index in [2.05, 4.69) is 149 Å². The van der Waals surface area contributed by atoms with Crippen molar-refractivity contribution in [2.75, 3.05) is 39.6 Å². The minimum Gasteiger partial charge on any atom is -0.462 e. The molecule has 19 heteroatoms. The molecule has 0 aliphatic carbocycles. The van der Waals surface area contributed by atoms with Crippen molar-refractivity contribution < 1.29 is 80.2 Å². The molecule has 0 fully saturated rings. The van der Waals surface area contributed by atoms with E-state index in [-0.39, 0.29) is 25.7 Å². The Bertz CT molecular complexity index is 2340. The number of hydrogen-bond donors (Lipinski definition) is 3. The van der Waals surface area contributed by atoms with Crippen LogP contribution in [0.4, 0.5) is 0 Å². The number of rotatable bonds is 70. The standard InChI is InChI=1S/C79H134O17P2/c1-5-9-13-17-21-25-29-32-34-35-36-37-39-42-45-48-52-56-60-64-77(82)89-69-74(95-78(83)65-61-57-53-49-43-28-24-20-16-12-8-4)71-93-97(85,86)91-67-73(80)68-92-98(87,88)94-72-75(96-79(84)66-62-58-54-50-46-40-31-27-23-19-15-11-7-3)70-90-76(81)63-59-55-51-47-44-41-38-33-30-26-22-18-14-10-6-2/h9-10,13-14,20-22,24-27,31-34,36-38,42,45,73-75,80H,5-8,11-12,15-19,23,28-30,35,39-41,43-44,46-72H2,1-4H3,(H,85,86)(H,87,88)/b13-9-,14-10-,24-20-,25-21-,26-22-,31-27-,34-32-,37-36-,38-33-,45-42-. The van der Waals surface area contributed by atoms with E-state index < -0.39 is 97.5 Å². The first kappa shape index (κ1) is 93.5. The summed E-state index contributed by atoms with van der Waals surface area (Å²) in [4.78, 5) is 72.8. The summed E-state index contributed by atoms with van der Waals surface area (Å²) < 4.78 is 68.3. The lowest BCUT2D eigenvalue weighted by atomic mass is 10.1. The van der Waals surface area contributed by atoms with E-state index in [1.54, 1.807) is 0 Å². The maximum atomic E-state index is 13.1. The summed E-state index contributed by atoms with van der Waals surface area (Å²) in [5.74, 6) is -2.25. The first-order valence-electron chi connectivity index (χ1n) is 37.8. The van der Waals surface area contributed by atoms with Crippen LogP contribution in [0, 0.1) is 0 Å². The molecule has 0 aromatic heterocycles. The minimum absolute atomic E-state index is 0.0742. The van der Waals surface area contributed by atoms with Crippen LogP contribution in [0.1, 0.15) is 297 Å². The van der Waals surface area contributed by atoms with Crippen molar-refractivity contribution in [1.29, 1.82) is 0 Å². The smallest absolute Gasteiger partial charge is 0.462 e. The van der Waals surface area contributed by atoms with Crippen LogP contribution in [0.3, 0.4) is 0 Å². The predicted molar refractivity (Wildman–Crippen MR) is 399 cm³/mol. The maximum absolute atomic E-state index is 13.1. The van der Waals surface area contributed by atoms with Gasteiger partial charge in [0.25, 0.3) is 0 Å². The molecule has 0 spiro atoms. The molecule has 0 aromatic rings. The van der Waals surface area contributed by atoms with Gasteiger partial charge < -0.3 is 33.8 Å². The van der Waals surface area contributed by atoms with Crippen LogP contribution in [-0.2, 0) is 65.4 Å². The Morgan fingerprint density at radius 2 is 0.541 bits per heavy atom. The average Bonchev–Trinajstić information content (AvgIpc) is 1.00. The molecule has 0 aliphatic rings. The monoisotopic (exact) mass is 1420 g/mol. The van der Waals surface area contributed by atoms with E-state index in [0.29, 0.717) is 25.7 Å². The van der Waals surface area contributed by atoms with Gasteiger partial charge in [0, 0.05) is 25.7 Å². The second-order valence-corrected chi connectivity index (χ2v) is 27.7. The van der Waals surface area contributed by atoms with Gasteiger partial charge in [-0.3, -0.25) is 37.3 Å². The Morgan fingerprint density at radius 3 is 0.867 bits per heavy atom. The minimum atomic E-state index is -4.98. The number of carbonyl (C=O) groups is 4. The largest absolute Gasteiger partial charge is 0.472 e. The molecule has 0 heterocycles. The van der Waals surface area contributed by atoms with E-state index in [9.17, 15) is 43.2 Å². The highest BCUT2D eigenvalue weighted by Gasteiger charge is 2.30. The lowest BCUT2D eigenvalue weighted by Gasteiger charge is -2.21. The highest BCUT2D eigenvalue weighted by molar-refractivity contribution is 7.47. The summed E-state index contributed by atoms with van der Waals surface area (Å²) in [6, 6.07) is 0. The number of allylic oxidation sites excluding steroid dienone is 20. The number of carbonyl (C=O) groups excluding carboxylic acids is 4. The van der Waals surface area contributed by atoms with Crippen LogP contribution in [0.5, 0.6) is 0 Å². The van der Waals surface area contributed by atoms with Gasteiger partial charge in [0.05, 0.1) is 26.4 Å². The van der Waals surface area contributed by atoms with Crippen molar-refractivity contribution in [2.24, 2.45) is 0 Å². The number of hydrogen-bond acceptors (Lipinski definition) is 15. The number of esters is 4. The number of ether oxygens (including phenoxy) is 4. The van der Waals surface area contributed by atoms with Crippen LogP contribution >= 0.6 is 15.6 Å². The molecule has 0 aromatic carbocycles. The second kappa shape index (κ2) is 70.9. The number of phosphoric acid groups is 2. The predicted octanol–water partition coefficient (Wildman–Crippen LogP) is 21.6. The first-order chi connectivity index (χ1) is 47.7. The lowest BCUT2D eigenvalue weighted by molar-refractivity contribution is -0.161. The van der Waals surface area contributed by atoms with Crippen LogP contribution in [0.15, 0.2) is 122 Å². The Hall–Kier alpha value is -4.54. The quantitative estimate of drug-likeness (QED) is 0.0169. The Morgan fingerprint density at radius 1 is 0.296 bits per heavy atom. The summed E-state index contributed by atoms with van der Waals surface area (Å²) in [7, 11) is -9.96. The van der Waals surface area contributed by atoms with Crippen LogP contribution in [0.25, 0.3) is 0 Å². The van der Waals surface area contributed by atoms with Crippen molar-refractivity contribution in [2.45, 2.75) is 316 Å². The van der Waals surface area contributed by atoms with E-state index in [1.807, 2.05) is 0 Å². The summed E-state index contributed by atoms with van der Waals surface area (Å²) in [6.07, 6.45) is 76.3. The molecule has 562 valence electrons. The van der Waals surface area contributed by atoms with Crippen LogP contribution in [0.2, 0.25) is 0 Å². The fraction of sp³-hybridized carbons (Fsp3) is 0.696. The SMILES string of the molecule is CC/C=C\C/C=C\C/C=C\C/C=C\C/C=C\CCCCCC(=O)OCC(COP(=O)(O)OCC(O)COP(=O)(O)OCC(COC(=O)CCCCCCC/C=C\C/C=C\C/C=C\CC)OC(=O)CCCCCCC/C=C\CCCCCC)OC(=O)CCCCCCC/C=C\CCCC. The third-order valence-corrected chi connectivity index (χ3v) is 17.3. The topological polar surface area (TPSA) is 237 Å². The van der Waals surface area contributed by atoms with Crippen molar-refractivity contribution in [3.05, 3.63) is 122 Å². The van der Waals surface area contributed by atoms with E-state index >= 15 is 0 Å². The van der Waals surface area contributed by atoms with Crippen LogP contribution < -0.4 is 0 Å². The second-order valence-electron chi connectivity index (χ2n) is 24.8. The summed E-state index contributed by atoms with van der Waals surface area (Å²) in [5, 5.41) is 10.6. The molecule has 5 unspecified atom stereocenters. The zero-order chi connectivity index (χ0) is 71.8. The maximum Gasteiger partial charge on any atom is 0.472 e. The molecule has 98 heavy (non-hydrogen) atoms. The van der Waals surface area contributed by atoms with Gasteiger partial charge in [-0.1, -0.05) is 246 Å². The van der Waals surface area contributed by atoms with Crippen molar-refractivity contribution >= 4 is 39.5 Å². The first-order valence-corrected chi connectivity index (χ1v) is 40.8. The highest BCUT2D eigenvalue weighted by atomic mass is 31.2. The number of phosphoric ester groups is 2. The molecule has 0 saturated heterocycles. The number of aliphatic hydroxyl groups is 1. The average molecular weight is 1420 g/mol. The molecule has 0 radical (unpaired) electrons. The highest BCUT2D eigenvalue weighted by Crippen LogP contribution is 2.45. The van der Waals surface area contributed by atoms with Crippen molar-refractivity contribution in [3.8, 4) is 0 Å². The Labute approximate surface area is 593 Å². The summed E-state index contributed by atoms with van der Waals surface area (Å²) in [6.45, 7) is 4.51. The van der Waals surface area contributed by atoms with Gasteiger partial charge in [0.2, 0.25) is 0 Å². The Balaban J connectivity index is 5.35. The van der Waals surface area contributed by atoms with Gasteiger partial charge in [0.15, 0.2) is 12.2 Å². The molecule has 0 bridgehead atoms. The molecule has 3 N–H and O–H groups in total. The molecule has 5 atom stereocenters. The van der Waals surface area contributed by atoms with Gasteiger partial charge in [-0.05, 0) is 148 Å². The number of unbranched alkanes of at least 4 members (excludes halogenated alkanes) is 24. The van der Waals surface area contributed by atoms with E-state index in [4.69, 9.17) is 37.0 Å². The van der Waals surface area contributed by atoms with Crippen molar-refractivity contribution in [1.82, 2.24) is 0 Å². The molecule has 0 rings (SSSR count). The van der Waals surface area contributed by atoms with Gasteiger partial charge in [-0.15, -0.1) is 0 Å². The summed E-state index contributed by atoms with van der Waals surface area (Å²) in [5.41, 5.74) is 0. The molecular weight excluding hydrogens is 1280 g/mol. The molecule has 17 nitrogen and oxygen atoms in total. The fourth-order valence-electron chi connectivity index (χ4n) is 9.65. The van der Waals surface area contributed by atoms with Crippen LogP contribution in [-0.4, -0.2) is 96.7 Å². The summed E-state index contributed by atoms with van der Waals surface area (Å²) >= 11 is 0. The molecule has 0 aliphatic heterocycles. The van der Waals surface area contributed by atoms with Gasteiger partial charge in [-0.2, -0.15) is 0 Å². The molecule has 0 amide bonds. The van der Waals surface area contributed by atoms with Gasteiger partial charge in [0.1, 0.15) is 19.3 Å². The third-order valence-electron chi connectivity index (χ3n) is 15.4. The zero-order valence-corrected chi connectivity index (χ0v) is 63.0. The molecule has 0 saturated carbocycles. The third kappa shape index (κ3) is 69.9. The van der Waals surface area contributed by atoms with E-state index in [0.717, 1.165) is 180 Å². The normalized spacial score (nSPS) is 14.6. The lowest BCUT2D eigenvalue weighted by Crippen LogP contribution is -2.30. The molecular formula is C79H134O17P2. The zero-order valence-electron chi connectivity index (χ0n) is 61.2. The number of aliphatic hydroxyl groups excluding tert-OH is 1.